The summed E-state index contributed by atoms with van der Waals surface area (Å²) in [6.45, 7) is 1.77. The highest BCUT2D eigenvalue weighted by atomic mass is 35.5. The Morgan fingerprint density at radius 3 is 2.85 bits per heavy atom. The molecule has 13 heavy (non-hydrogen) atoms. The largest absolute Gasteiger partial charge is 0.383 e. The molecule has 4 nitrogen and oxygen atoms in total. The van der Waals surface area contributed by atoms with Gasteiger partial charge in [-0.05, 0) is 6.92 Å². The summed E-state index contributed by atoms with van der Waals surface area (Å²) in [6.07, 6.45) is 3.14. The molecule has 0 aliphatic rings. The summed E-state index contributed by atoms with van der Waals surface area (Å²) in [4.78, 5) is 12.1. The van der Waals surface area contributed by atoms with Crippen LogP contribution in [0.3, 0.4) is 0 Å². The molecule has 0 bridgehead atoms. The molecule has 0 aromatic carbocycles. The molecule has 0 atom stereocenters. The van der Waals surface area contributed by atoms with Crippen molar-refractivity contribution in [2.45, 2.75) is 6.92 Å². The Bertz CT molecular complexity index is 469. The first-order valence-electron chi connectivity index (χ1n) is 3.72. The molecule has 2 aromatic heterocycles. The van der Waals surface area contributed by atoms with Crippen LogP contribution in [-0.2, 0) is 0 Å². The fourth-order valence-corrected chi connectivity index (χ4v) is 1.35. The van der Waals surface area contributed by atoms with Crippen LogP contribution in [0, 0.1) is 6.92 Å². The number of halogens is 1. The Labute approximate surface area is 79.8 Å². The van der Waals surface area contributed by atoms with Gasteiger partial charge in [-0.1, -0.05) is 11.6 Å². The summed E-state index contributed by atoms with van der Waals surface area (Å²) in [5, 5.41) is 1.19. The molecular weight excluding hydrogens is 188 g/mol. The van der Waals surface area contributed by atoms with Gasteiger partial charge in [0.2, 0.25) is 0 Å². The molecule has 0 saturated heterocycles. The molecule has 2 aromatic rings. The van der Waals surface area contributed by atoms with Crippen molar-refractivity contribution in [1.82, 2.24) is 15.0 Å². The molecule has 0 aliphatic carbocycles. The van der Waals surface area contributed by atoms with Gasteiger partial charge in [0, 0.05) is 12.4 Å². The zero-order valence-electron chi connectivity index (χ0n) is 6.95. The summed E-state index contributed by atoms with van der Waals surface area (Å²) in [7, 11) is 0. The monoisotopic (exact) mass is 194 g/mol. The van der Waals surface area contributed by atoms with Gasteiger partial charge >= 0.3 is 0 Å². The zero-order chi connectivity index (χ0) is 9.42. The van der Waals surface area contributed by atoms with E-state index in [0.29, 0.717) is 27.6 Å². The molecule has 0 aliphatic heterocycles. The van der Waals surface area contributed by atoms with Crippen LogP contribution in [0.4, 0.5) is 5.82 Å². The van der Waals surface area contributed by atoms with Gasteiger partial charge in [0.25, 0.3) is 0 Å². The number of nitrogens with two attached hydrogens (primary N) is 1. The first kappa shape index (κ1) is 8.19. The van der Waals surface area contributed by atoms with Crippen molar-refractivity contribution in [1.29, 1.82) is 0 Å². The van der Waals surface area contributed by atoms with E-state index in [0.717, 1.165) is 0 Å². The van der Waals surface area contributed by atoms with E-state index in [-0.39, 0.29) is 0 Å². The van der Waals surface area contributed by atoms with Gasteiger partial charge < -0.3 is 5.73 Å². The van der Waals surface area contributed by atoms with Crippen molar-refractivity contribution >= 4 is 28.3 Å². The van der Waals surface area contributed by atoms with E-state index in [9.17, 15) is 0 Å². The lowest BCUT2D eigenvalue weighted by Crippen LogP contribution is -1.97. The van der Waals surface area contributed by atoms with Crippen LogP contribution in [-0.4, -0.2) is 15.0 Å². The summed E-state index contributed by atoms with van der Waals surface area (Å²) < 4.78 is 0. The van der Waals surface area contributed by atoms with Gasteiger partial charge in [-0.25, -0.2) is 9.97 Å². The van der Waals surface area contributed by atoms with Crippen molar-refractivity contribution < 1.29 is 0 Å². The lowest BCUT2D eigenvalue weighted by molar-refractivity contribution is 1.09. The Morgan fingerprint density at radius 1 is 1.31 bits per heavy atom. The average molecular weight is 195 g/mol. The van der Waals surface area contributed by atoms with Crippen LogP contribution in [0.25, 0.3) is 10.9 Å². The molecule has 5 heteroatoms. The highest BCUT2D eigenvalue weighted by Gasteiger charge is 2.05. The number of rotatable bonds is 0. The SMILES string of the molecule is Cc1nc(N)c2cncc(Cl)c2n1. The molecule has 0 spiro atoms. The molecule has 2 rings (SSSR count). The van der Waals surface area contributed by atoms with Crippen LogP contribution in [0.15, 0.2) is 12.4 Å². The molecule has 0 amide bonds. The zero-order valence-corrected chi connectivity index (χ0v) is 7.71. The Hall–Kier alpha value is -1.42. The fraction of sp³-hybridized carbons (Fsp3) is 0.125. The predicted octanol–water partition coefficient (Wildman–Crippen LogP) is 1.57. The van der Waals surface area contributed by atoms with Crippen molar-refractivity contribution in [3.63, 3.8) is 0 Å². The van der Waals surface area contributed by atoms with Crippen molar-refractivity contribution in [3.8, 4) is 0 Å². The number of fused-ring (bicyclic) bond motifs is 1. The summed E-state index contributed by atoms with van der Waals surface area (Å²) in [5.74, 6) is 1.02. The normalized spacial score (nSPS) is 10.6. The van der Waals surface area contributed by atoms with E-state index in [1.54, 1.807) is 13.1 Å². The fourth-order valence-electron chi connectivity index (χ4n) is 1.15. The molecule has 2 heterocycles. The Balaban J connectivity index is 2.94. The summed E-state index contributed by atoms with van der Waals surface area (Å²) in [6, 6.07) is 0. The van der Waals surface area contributed by atoms with E-state index in [1.807, 2.05) is 0 Å². The second kappa shape index (κ2) is 2.81. The van der Waals surface area contributed by atoms with E-state index < -0.39 is 0 Å². The minimum Gasteiger partial charge on any atom is -0.383 e. The third-order valence-corrected chi connectivity index (χ3v) is 1.98. The maximum atomic E-state index is 5.89. The van der Waals surface area contributed by atoms with Gasteiger partial charge in [-0.15, -0.1) is 0 Å². The van der Waals surface area contributed by atoms with Crippen molar-refractivity contribution in [3.05, 3.63) is 23.2 Å². The van der Waals surface area contributed by atoms with Gasteiger partial charge in [0.1, 0.15) is 11.6 Å². The highest BCUT2D eigenvalue weighted by Crippen LogP contribution is 2.22. The van der Waals surface area contributed by atoms with Crippen LogP contribution < -0.4 is 5.73 Å². The third-order valence-electron chi connectivity index (χ3n) is 1.70. The van der Waals surface area contributed by atoms with E-state index >= 15 is 0 Å². The summed E-state index contributed by atoms with van der Waals surface area (Å²) in [5.41, 5.74) is 6.33. The quantitative estimate of drug-likeness (QED) is 0.692. The number of aromatic nitrogens is 3. The minimum absolute atomic E-state index is 0.414. The molecule has 0 fully saturated rings. The van der Waals surface area contributed by atoms with Gasteiger partial charge in [-0.3, -0.25) is 4.98 Å². The number of pyridine rings is 1. The van der Waals surface area contributed by atoms with Crippen LogP contribution in [0.2, 0.25) is 5.02 Å². The molecule has 2 N–H and O–H groups in total. The number of nitrogen functional groups attached to an aromatic ring is 1. The predicted molar refractivity (Wildman–Crippen MR) is 51.5 cm³/mol. The molecule has 0 unspecified atom stereocenters. The van der Waals surface area contributed by atoms with Gasteiger partial charge in [0.15, 0.2) is 0 Å². The number of aryl methyl sites for hydroxylation is 1. The molecule has 0 saturated carbocycles. The molecule has 0 radical (unpaired) electrons. The van der Waals surface area contributed by atoms with Crippen LogP contribution in [0.5, 0.6) is 0 Å². The van der Waals surface area contributed by atoms with E-state index in [1.165, 1.54) is 6.20 Å². The number of nitrogens with zero attached hydrogens (tertiary/aromatic N) is 3. The van der Waals surface area contributed by atoms with Crippen LogP contribution >= 0.6 is 11.6 Å². The lowest BCUT2D eigenvalue weighted by Gasteiger charge is -2.02. The number of hydrogen-bond donors (Lipinski definition) is 1. The Morgan fingerprint density at radius 2 is 2.08 bits per heavy atom. The maximum Gasteiger partial charge on any atom is 0.136 e. The first-order valence-corrected chi connectivity index (χ1v) is 4.09. The maximum absolute atomic E-state index is 5.89. The van der Waals surface area contributed by atoms with Gasteiger partial charge in [0.05, 0.1) is 15.9 Å². The van der Waals surface area contributed by atoms with Crippen molar-refractivity contribution in [2.75, 3.05) is 5.73 Å². The van der Waals surface area contributed by atoms with Crippen LogP contribution in [0.1, 0.15) is 5.82 Å². The standard InChI is InChI=1S/C8H7ClN4/c1-4-12-7-5(8(10)13-4)2-11-3-6(7)9/h2-3H,1H3,(H2,10,12,13). The smallest absolute Gasteiger partial charge is 0.136 e. The summed E-state index contributed by atoms with van der Waals surface area (Å²) >= 11 is 5.89. The second-order valence-corrected chi connectivity index (χ2v) is 3.08. The van der Waals surface area contributed by atoms with E-state index in [2.05, 4.69) is 15.0 Å². The van der Waals surface area contributed by atoms with Crippen molar-refractivity contribution in [2.24, 2.45) is 0 Å². The van der Waals surface area contributed by atoms with E-state index in [4.69, 9.17) is 17.3 Å². The van der Waals surface area contributed by atoms with Gasteiger partial charge in [-0.2, -0.15) is 0 Å². The minimum atomic E-state index is 0.414. The molecule has 66 valence electrons. The average Bonchev–Trinajstić information content (AvgIpc) is 2.07. The lowest BCUT2D eigenvalue weighted by atomic mass is 10.3. The topological polar surface area (TPSA) is 64.7 Å². The second-order valence-electron chi connectivity index (χ2n) is 2.67. The first-order chi connectivity index (χ1) is 6.18. The number of hydrogen-bond acceptors (Lipinski definition) is 4. The molecular formula is C8H7ClN4. The Kier molecular flexibility index (Phi) is 1.77. The third kappa shape index (κ3) is 1.29. The number of anilines is 1. The highest BCUT2D eigenvalue weighted by molar-refractivity contribution is 6.35.